The molecule has 0 heterocycles. The molecular formula is C52H86O6. The highest BCUT2D eigenvalue weighted by atomic mass is 16.6. The van der Waals surface area contributed by atoms with Gasteiger partial charge >= 0.3 is 17.9 Å². The zero-order valence-electron chi connectivity index (χ0n) is 37.5. The zero-order valence-corrected chi connectivity index (χ0v) is 37.5. The molecule has 1 atom stereocenters. The molecule has 1 unspecified atom stereocenters. The van der Waals surface area contributed by atoms with Crippen LogP contribution >= 0.6 is 0 Å². The lowest BCUT2D eigenvalue weighted by Crippen LogP contribution is -2.30. The SMILES string of the molecule is CC/C=C\C/C=C\C/C=C\C/C=C\CCCCC(=O)OC(COC(=O)CCCCCCCCCC)COC(=O)CCCCCCCCC/C=C\C/C=C\C/C=C\CC. The molecule has 0 aromatic carbocycles. The Bertz CT molecular complexity index is 1160. The van der Waals surface area contributed by atoms with Crippen molar-refractivity contribution in [1.29, 1.82) is 0 Å². The van der Waals surface area contributed by atoms with Crippen LogP contribution in [0.1, 0.15) is 207 Å². The van der Waals surface area contributed by atoms with Crippen molar-refractivity contribution in [3.05, 3.63) is 85.1 Å². The fourth-order valence-corrected chi connectivity index (χ4v) is 6.15. The smallest absolute Gasteiger partial charge is 0.306 e. The second-order valence-corrected chi connectivity index (χ2v) is 15.3. The van der Waals surface area contributed by atoms with Crippen LogP contribution in [0.5, 0.6) is 0 Å². The van der Waals surface area contributed by atoms with Gasteiger partial charge in [0.2, 0.25) is 0 Å². The molecule has 6 heteroatoms. The lowest BCUT2D eigenvalue weighted by molar-refractivity contribution is -0.167. The fraction of sp³-hybridized carbons (Fsp3) is 0.673. The van der Waals surface area contributed by atoms with Crippen molar-refractivity contribution in [2.45, 2.75) is 213 Å². The highest BCUT2D eigenvalue weighted by Gasteiger charge is 2.19. The molecule has 0 aliphatic carbocycles. The van der Waals surface area contributed by atoms with Crippen LogP contribution < -0.4 is 0 Å². The number of carbonyl (C=O) groups excluding carboxylic acids is 3. The van der Waals surface area contributed by atoms with E-state index in [4.69, 9.17) is 14.2 Å². The van der Waals surface area contributed by atoms with E-state index in [2.05, 4.69) is 106 Å². The molecule has 0 saturated carbocycles. The number of ether oxygens (including phenoxy) is 3. The molecule has 0 rings (SSSR count). The Morgan fingerprint density at radius 2 is 0.672 bits per heavy atom. The number of allylic oxidation sites excluding steroid dienone is 14. The normalized spacial score (nSPS) is 12.8. The molecule has 0 aromatic heterocycles. The molecule has 0 aromatic rings. The second kappa shape index (κ2) is 46.3. The third-order valence-corrected chi connectivity index (χ3v) is 9.65. The van der Waals surface area contributed by atoms with Crippen molar-refractivity contribution in [2.24, 2.45) is 0 Å². The monoisotopic (exact) mass is 807 g/mol. The molecule has 0 aliphatic heterocycles. The van der Waals surface area contributed by atoms with E-state index in [1.54, 1.807) is 0 Å². The molecule has 0 saturated heterocycles. The van der Waals surface area contributed by atoms with E-state index in [0.29, 0.717) is 19.3 Å². The molecule has 0 N–H and O–H groups in total. The van der Waals surface area contributed by atoms with Gasteiger partial charge < -0.3 is 14.2 Å². The quantitative estimate of drug-likeness (QED) is 0.0265. The van der Waals surface area contributed by atoms with Gasteiger partial charge in [-0.05, 0) is 89.9 Å². The number of hydrogen-bond acceptors (Lipinski definition) is 6. The summed E-state index contributed by atoms with van der Waals surface area (Å²) in [6.45, 7) is 6.32. The van der Waals surface area contributed by atoms with Gasteiger partial charge in [-0.25, -0.2) is 0 Å². The predicted molar refractivity (Wildman–Crippen MR) is 247 cm³/mol. The van der Waals surface area contributed by atoms with Crippen LogP contribution in [0.25, 0.3) is 0 Å². The third kappa shape index (κ3) is 43.7. The minimum atomic E-state index is -0.799. The van der Waals surface area contributed by atoms with Gasteiger partial charge in [-0.3, -0.25) is 14.4 Å². The Balaban J connectivity index is 4.41. The Kier molecular flexibility index (Phi) is 43.6. The van der Waals surface area contributed by atoms with E-state index < -0.39 is 6.10 Å². The molecule has 330 valence electrons. The average molecular weight is 807 g/mol. The van der Waals surface area contributed by atoms with E-state index >= 15 is 0 Å². The Morgan fingerprint density at radius 1 is 0.362 bits per heavy atom. The van der Waals surface area contributed by atoms with Gasteiger partial charge in [-0.15, -0.1) is 0 Å². The van der Waals surface area contributed by atoms with E-state index in [1.165, 1.54) is 57.8 Å². The maximum Gasteiger partial charge on any atom is 0.306 e. The standard InChI is InChI=1S/C52H86O6/c1-4-7-10-13-16-19-21-23-25-26-28-29-31-33-36-39-42-45-51(54)57-48-49(47-56-50(53)44-41-38-35-18-15-12-9-6-3)58-52(55)46-43-40-37-34-32-30-27-24-22-20-17-14-11-8-5-2/h7-8,10-11,16-17,19-20,23-25,27,32,34,49H,4-6,9,12-15,18,21-22,26,28-31,33,35-48H2,1-3H3/b10-7-,11-8-,19-16-,20-17-,25-23-,27-24-,34-32-. The molecule has 0 aliphatic rings. The minimum Gasteiger partial charge on any atom is -0.462 e. The zero-order chi connectivity index (χ0) is 42.3. The maximum atomic E-state index is 12.7. The van der Waals surface area contributed by atoms with Gasteiger partial charge in [0.05, 0.1) is 0 Å². The Labute approximate surface area is 356 Å². The first-order valence-electron chi connectivity index (χ1n) is 23.6. The van der Waals surface area contributed by atoms with Crippen molar-refractivity contribution in [3.8, 4) is 0 Å². The number of esters is 3. The summed E-state index contributed by atoms with van der Waals surface area (Å²) >= 11 is 0. The van der Waals surface area contributed by atoms with Gasteiger partial charge in [0, 0.05) is 19.3 Å². The first kappa shape index (κ1) is 54.6. The van der Waals surface area contributed by atoms with Crippen LogP contribution in [-0.4, -0.2) is 37.2 Å². The molecule has 6 nitrogen and oxygen atoms in total. The average Bonchev–Trinajstić information content (AvgIpc) is 3.22. The van der Waals surface area contributed by atoms with Crippen molar-refractivity contribution in [3.63, 3.8) is 0 Å². The molecule has 0 amide bonds. The minimum absolute atomic E-state index is 0.0966. The molecule has 0 fully saturated rings. The van der Waals surface area contributed by atoms with Crippen molar-refractivity contribution in [1.82, 2.24) is 0 Å². The number of hydrogen-bond donors (Lipinski definition) is 0. The lowest BCUT2D eigenvalue weighted by atomic mass is 10.1. The van der Waals surface area contributed by atoms with Crippen LogP contribution in [-0.2, 0) is 28.6 Å². The number of rotatable bonds is 41. The lowest BCUT2D eigenvalue weighted by Gasteiger charge is -2.18. The molecule has 0 spiro atoms. The third-order valence-electron chi connectivity index (χ3n) is 9.65. The summed E-state index contributed by atoms with van der Waals surface area (Å²) in [5.41, 5.74) is 0. The van der Waals surface area contributed by atoms with Gasteiger partial charge in [0.1, 0.15) is 13.2 Å². The Morgan fingerprint density at radius 3 is 1.09 bits per heavy atom. The van der Waals surface area contributed by atoms with Gasteiger partial charge in [-0.1, -0.05) is 183 Å². The molecule has 0 radical (unpaired) electrons. The number of carbonyl (C=O) groups is 3. The first-order valence-corrected chi connectivity index (χ1v) is 23.6. The summed E-state index contributed by atoms with van der Waals surface area (Å²) in [5.74, 6) is -0.959. The van der Waals surface area contributed by atoms with Crippen LogP contribution in [0, 0.1) is 0 Å². The van der Waals surface area contributed by atoms with E-state index in [1.807, 2.05) is 0 Å². The largest absolute Gasteiger partial charge is 0.462 e. The van der Waals surface area contributed by atoms with Crippen LogP contribution in [0.15, 0.2) is 85.1 Å². The van der Waals surface area contributed by atoms with Crippen molar-refractivity contribution >= 4 is 17.9 Å². The van der Waals surface area contributed by atoms with Gasteiger partial charge in [-0.2, -0.15) is 0 Å². The van der Waals surface area contributed by atoms with E-state index in [-0.39, 0.29) is 37.5 Å². The topological polar surface area (TPSA) is 78.9 Å². The summed E-state index contributed by atoms with van der Waals surface area (Å²) in [7, 11) is 0. The van der Waals surface area contributed by atoms with Crippen molar-refractivity contribution < 1.29 is 28.6 Å². The summed E-state index contributed by atoms with van der Waals surface area (Å²) in [5, 5.41) is 0. The number of unbranched alkanes of at least 4 members (excludes halogenated alkanes) is 16. The van der Waals surface area contributed by atoms with Crippen LogP contribution in [0.2, 0.25) is 0 Å². The molecule has 58 heavy (non-hydrogen) atoms. The summed E-state index contributed by atoms with van der Waals surface area (Å²) in [6.07, 6.45) is 58.6. The fourth-order valence-electron chi connectivity index (χ4n) is 6.15. The maximum absolute atomic E-state index is 12.7. The highest BCUT2D eigenvalue weighted by Crippen LogP contribution is 2.13. The Hall–Kier alpha value is -3.41. The summed E-state index contributed by atoms with van der Waals surface area (Å²) in [6, 6.07) is 0. The van der Waals surface area contributed by atoms with Crippen LogP contribution in [0.3, 0.4) is 0 Å². The highest BCUT2D eigenvalue weighted by molar-refractivity contribution is 5.71. The predicted octanol–water partition coefficient (Wildman–Crippen LogP) is 15.3. The van der Waals surface area contributed by atoms with E-state index in [9.17, 15) is 14.4 Å². The van der Waals surface area contributed by atoms with Crippen molar-refractivity contribution in [2.75, 3.05) is 13.2 Å². The summed E-state index contributed by atoms with van der Waals surface area (Å²) in [4.78, 5) is 37.7. The molecular weight excluding hydrogens is 721 g/mol. The first-order chi connectivity index (χ1) is 28.5. The van der Waals surface area contributed by atoms with Gasteiger partial charge in [0.15, 0.2) is 6.10 Å². The van der Waals surface area contributed by atoms with Crippen LogP contribution in [0.4, 0.5) is 0 Å². The summed E-state index contributed by atoms with van der Waals surface area (Å²) < 4.78 is 16.7. The van der Waals surface area contributed by atoms with E-state index in [0.717, 1.165) is 103 Å². The molecule has 0 bridgehead atoms. The van der Waals surface area contributed by atoms with Gasteiger partial charge in [0.25, 0.3) is 0 Å². The second-order valence-electron chi connectivity index (χ2n) is 15.3.